The largest absolute Gasteiger partial charge is 0.454 e. The first-order chi connectivity index (χ1) is 13.0. The van der Waals surface area contributed by atoms with E-state index in [9.17, 15) is 8.42 Å². The fourth-order valence-electron chi connectivity index (χ4n) is 3.08. The quantitative estimate of drug-likeness (QED) is 0.506. The van der Waals surface area contributed by atoms with Crippen molar-refractivity contribution in [3.8, 4) is 11.5 Å². The van der Waals surface area contributed by atoms with Crippen molar-refractivity contribution in [1.29, 1.82) is 0 Å². The molecule has 150 valence electrons. The fraction of sp³-hybridized carbons (Fsp3) is 0.611. The Morgan fingerprint density at radius 3 is 2.78 bits per heavy atom. The number of hydrogen-bond acceptors (Lipinski definition) is 5. The molecule has 2 aliphatic rings. The maximum absolute atomic E-state index is 12.1. The lowest BCUT2D eigenvalue weighted by Gasteiger charge is -2.25. The predicted molar refractivity (Wildman–Crippen MR) is 105 cm³/mol. The van der Waals surface area contributed by atoms with E-state index in [1.54, 1.807) is 7.05 Å². The van der Waals surface area contributed by atoms with Crippen LogP contribution in [0.1, 0.15) is 24.8 Å². The van der Waals surface area contributed by atoms with Crippen LogP contribution in [-0.4, -0.2) is 59.0 Å². The average Bonchev–Trinajstić information content (AvgIpc) is 3.04. The van der Waals surface area contributed by atoms with Crippen LogP contribution < -0.4 is 19.5 Å². The van der Waals surface area contributed by atoms with E-state index in [1.807, 2.05) is 30.1 Å². The van der Waals surface area contributed by atoms with E-state index in [-0.39, 0.29) is 12.5 Å². The molecule has 0 saturated heterocycles. The van der Waals surface area contributed by atoms with E-state index in [4.69, 9.17) is 9.47 Å². The van der Waals surface area contributed by atoms with Gasteiger partial charge in [0, 0.05) is 33.7 Å². The molecule has 0 unspecified atom stereocenters. The smallest absolute Gasteiger partial charge is 0.231 e. The second-order valence-electron chi connectivity index (χ2n) is 6.98. The normalized spacial score (nSPS) is 16.9. The number of aliphatic imine (C=N–C) groups is 1. The SMILES string of the molecule is CN=C(NCCS(=O)(=O)NCC1CCC1)N(C)Cc1ccc2c(c1)OCO2. The first-order valence-electron chi connectivity index (χ1n) is 9.24. The van der Waals surface area contributed by atoms with Gasteiger partial charge in [0.05, 0.1) is 5.75 Å². The van der Waals surface area contributed by atoms with E-state index in [0.717, 1.165) is 29.9 Å². The molecular formula is C18H28N4O4S. The molecule has 3 rings (SSSR count). The average molecular weight is 397 g/mol. The van der Waals surface area contributed by atoms with E-state index in [0.29, 0.717) is 31.5 Å². The molecule has 0 aromatic heterocycles. The van der Waals surface area contributed by atoms with Crippen LogP contribution >= 0.6 is 0 Å². The maximum Gasteiger partial charge on any atom is 0.231 e. The van der Waals surface area contributed by atoms with Crippen LogP contribution in [0, 0.1) is 5.92 Å². The highest BCUT2D eigenvalue weighted by molar-refractivity contribution is 7.89. The lowest BCUT2D eigenvalue weighted by molar-refractivity contribution is 0.174. The third kappa shape index (κ3) is 5.49. The summed E-state index contributed by atoms with van der Waals surface area (Å²) in [6.07, 6.45) is 3.45. The molecule has 1 heterocycles. The third-order valence-corrected chi connectivity index (χ3v) is 6.25. The van der Waals surface area contributed by atoms with Crippen LogP contribution in [0.25, 0.3) is 0 Å². The Morgan fingerprint density at radius 2 is 2.07 bits per heavy atom. The summed E-state index contributed by atoms with van der Waals surface area (Å²) >= 11 is 0. The predicted octanol–water partition coefficient (Wildman–Crippen LogP) is 1.14. The van der Waals surface area contributed by atoms with E-state index in [2.05, 4.69) is 15.0 Å². The Labute approximate surface area is 161 Å². The lowest BCUT2D eigenvalue weighted by atomic mass is 9.86. The molecule has 1 aromatic carbocycles. The van der Waals surface area contributed by atoms with Gasteiger partial charge in [-0.3, -0.25) is 4.99 Å². The second kappa shape index (κ2) is 8.79. The standard InChI is InChI=1S/C18H28N4O4S/c1-19-18(20-8-9-27(23,24)21-11-14-4-3-5-14)22(2)12-15-6-7-16-17(10-15)26-13-25-16/h6-7,10,14,21H,3-5,8-9,11-13H2,1-2H3,(H,19,20). The molecule has 1 aromatic rings. The maximum atomic E-state index is 12.1. The van der Waals surface area contributed by atoms with Gasteiger partial charge in [0.2, 0.25) is 16.8 Å². The minimum atomic E-state index is -3.26. The highest BCUT2D eigenvalue weighted by Crippen LogP contribution is 2.32. The molecule has 0 amide bonds. The molecule has 0 radical (unpaired) electrons. The number of hydrogen-bond donors (Lipinski definition) is 2. The number of rotatable bonds is 8. The second-order valence-corrected chi connectivity index (χ2v) is 8.91. The number of sulfonamides is 1. The van der Waals surface area contributed by atoms with Crippen LogP contribution in [0.3, 0.4) is 0 Å². The molecule has 1 aliphatic heterocycles. The summed E-state index contributed by atoms with van der Waals surface area (Å²) in [5.41, 5.74) is 1.06. The zero-order valence-corrected chi connectivity index (χ0v) is 16.7. The molecule has 1 fully saturated rings. The highest BCUT2D eigenvalue weighted by atomic mass is 32.2. The molecular weight excluding hydrogens is 368 g/mol. The van der Waals surface area contributed by atoms with Gasteiger partial charge in [0.15, 0.2) is 17.5 Å². The monoisotopic (exact) mass is 396 g/mol. The lowest BCUT2D eigenvalue weighted by Crippen LogP contribution is -2.42. The van der Waals surface area contributed by atoms with Gasteiger partial charge in [0.1, 0.15) is 0 Å². The van der Waals surface area contributed by atoms with Crippen LogP contribution in [0.5, 0.6) is 11.5 Å². The van der Waals surface area contributed by atoms with E-state index >= 15 is 0 Å². The minimum absolute atomic E-state index is 0.0244. The van der Waals surface area contributed by atoms with E-state index < -0.39 is 10.0 Å². The summed E-state index contributed by atoms with van der Waals surface area (Å²) in [6, 6.07) is 5.81. The Kier molecular flexibility index (Phi) is 6.43. The van der Waals surface area contributed by atoms with E-state index in [1.165, 1.54) is 6.42 Å². The van der Waals surface area contributed by atoms with Gasteiger partial charge < -0.3 is 19.7 Å². The topological polar surface area (TPSA) is 92.3 Å². The summed E-state index contributed by atoms with van der Waals surface area (Å²) in [4.78, 5) is 6.17. The molecule has 1 aliphatic carbocycles. The first kappa shape index (κ1) is 19.8. The van der Waals surface area contributed by atoms with Gasteiger partial charge in [-0.05, 0) is 36.5 Å². The van der Waals surface area contributed by atoms with Gasteiger partial charge in [-0.1, -0.05) is 12.5 Å². The molecule has 0 bridgehead atoms. The molecule has 0 atom stereocenters. The summed E-state index contributed by atoms with van der Waals surface area (Å²) in [5, 5.41) is 3.11. The van der Waals surface area contributed by atoms with Crippen LogP contribution in [-0.2, 0) is 16.6 Å². The Balaban J connectivity index is 1.45. The minimum Gasteiger partial charge on any atom is -0.454 e. The molecule has 2 N–H and O–H groups in total. The van der Waals surface area contributed by atoms with Gasteiger partial charge in [0.25, 0.3) is 0 Å². The number of ether oxygens (including phenoxy) is 2. The van der Waals surface area contributed by atoms with Crippen molar-refractivity contribution in [2.45, 2.75) is 25.8 Å². The van der Waals surface area contributed by atoms with Crippen molar-refractivity contribution >= 4 is 16.0 Å². The van der Waals surface area contributed by atoms with Gasteiger partial charge >= 0.3 is 0 Å². The molecule has 27 heavy (non-hydrogen) atoms. The third-order valence-electron chi connectivity index (χ3n) is 4.90. The Hall–Kier alpha value is -2.00. The Bertz CT molecular complexity index is 778. The first-order valence-corrected chi connectivity index (χ1v) is 10.9. The van der Waals surface area contributed by atoms with Crippen molar-refractivity contribution in [2.24, 2.45) is 10.9 Å². The number of nitrogens with zero attached hydrogens (tertiary/aromatic N) is 2. The molecule has 8 nitrogen and oxygen atoms in total. The Morgan fingerprint density at radius 1 is 1.30 bits per heavy atom. The van der Waals surface area contributed by atoms with Crippen molar-refractivity contribution in [3.05, 3.63) is 23.8 Å². The summed E-state index contributed by atoms with van der Waals surface area (Å²) in [7, 11) is 0.324. The summed E-state index contributed by atoms with van der Waals surface area (Å²) in [6.45, 7) is 1.73. The number of nitrogens with one attached hydrogen (secondary N) is 2. The molecule has 1 saturated carbocycles. The van der Waals surface area contributed by atoms with Crippen molar-refractivity contribution in [3.63, 3.8) is 0 Å². The number of benzene rings is 1. The van der Waals surface area contributed by atoms with Gasteiger partial charge in [-0.15, -0.1) is 0 Å². The van der Waals surface area contributed by atoms with Crippen molar-refractivity contribution in [2.75, 3.05) is 39.7 Å². The zero-order valence-electron chi connectivity index (χ0n) is 15.9. The number of guanidine groups is 1. The molecule has 9 heteroatoms. The van der Waals surface area contributed by atoms with Crippen molar-refractivity contribution < 1.29 is 17.9 Å². The van der Waals surface area contributed by atoms with Crippen LogP contribution in [0.2, 0.25) is 0 Å². The number of fused-ring (bicyclic) bond motifs is 1. The summed E-state index contributed by atoms with van der Waals surface area (Å²) < 4.78 is 37.6. The van der Waals surface area contributed by atoms with Crippen LogP contribution in [0.4, 0.5) is 0 Å². The van der Waals surface area contributed by atoms with Crippen LogP contribution in [0.15, 0.2) is 23.2 Å². The van der Waals surface area contributed by atoms with Gasteiger partial charge in [-0.2, -0.15) is 0 Å². The van der Waals surface area contributed by atoms with Gasteiger partial charge in [-0.25, -0.2) is 13.1 Å². The van der Waals surface area contributed by atoms with Crippen molar-refractivity contribution in [1.82, 2.24) is 14.9 Å². The summed E-state index contributed by atoms with van der Waals surface area (Å²) in [5.74, 6) is 2.67. The zero-order chi connectivity index (χ0) is 19.3. The fourth-order valence-corrected chi connectivity index (χ4v) is 4.09. The molecule has 0 spiro atoms. The highest BCUT2D eigenvalue weighted by Gasteiger charge is 2.20.